The summed E-state index contributed by atoms with van der Waals surface area (Å²) in [6, 6.07) is 0. The molecule has 0 radical (unpaired) electrons. The number of hydrogen-bond acceptors (Lipinski definition) is 12. The number of methoxy groups -OCH3 is 2. The average molecular weight is 633 g/mol. The van der Waals surface area contributed by atoms with Crippen LogP contribution >= 0.6 is 0 Å². The van der Waals surface area contributed by atoms with Gasteiger partial charge in [0.2, 0.25) is 6.29 Å². The third-order valence-electron chi connectivity index (χ3n) is 13.9. The molecule has 2 bridgehead atoms. The Balaban J connectivity index is 1.33. The van der Waals surface area contributed by atoms with Crippen molar-refractivity contribution in [2.24, 2.45) is 34.0 Å². The van der Waals surface area contributed by atoms with E-state index in [1.54, 1.807) is 26.0 Å². The Labute approximate surface area is 262 Å². The van der Waals surface area contributed by atoms with E-state index in [2.05, 4.69) is 6.92 Å². The maximum Gasteiger partial charge on any atom is 0.366 e. The molecular formula is C33H44O12. The van der Waals surface area contributed by atoms with E-state index in [1.807, 2.05) is 13.8 Å². The molecule has 7 fully saturated rings. The summed E-state index contributed by atoms with van der Waals surface area (Å²) in [5.74, 6) is -4.66. The predicted molar refractivity (Wildman–Crippen MR) is 152 cm³/mol. The Kier molecular flexibility index (Phi) is 5.98. The van der Waals surface area contributed by atoms with Crippen molar-refractivity contribution in [3.63, 3.8) is 0 Å². The molecule has 0 aromatic rings. The van der Waals surface area contributed by atoms with Gasteiger partial charge < -0.3 is 48.1 Å². The minimum atomic E-state index is -1.88. The SMILES string of the molecule is C/C=C(\C)C(=O)O[C@@H]1CC[C@]23COC(OC)(C(=O)OC)C2[C@@]2(C)[C@H](O[C@]4(C)[C@H]5C[C@H](O[C@@H]6OC=C[C@@]65O)[C@]24O)[C@@H]2OC[C@@]1(C)[C@H]23. The third-order valence-corrected chi connectivity index (χ3v) is 13.9. The summed E-state index contributed by atoms with van der Waals surface area (Å²) in [7, 11) is 2.72. The summed E-state index contributed by atoms with van der Waals surface area (Å²) in [4.78, 5) is 27.0. The second-order valence-electron chi connectivity index (χ2n) is 15.2. The second-order valence-corrected chi connectivity index (χ2v) is 15.2. The Morgan fingerprint density at radius 1 is 1.11 bits per heavy atom. The van der Waals surface area contributed by atoms with Crippen LogP contribution in [0.25, 0.3) is 0 Å². The normalized spacial score (nSPS) is 58.2. The van der Waals surface area contributed by atoms with Crippen LogP contribution in [0.4, 0.5) is 0 Å². The van der Waals surface area contributed by atoms with Gasteiger partial charge in [0.1, 0.15) is 17.3 Å². The van der Waals surface area contributed by atoms with Gasteiger partial charge in [0.05, 0.1) is 44.9 Å². The van der Waals surface area contributed by atoms with Crippen molar-refractivity contribution < 1.29 is 57.7 Å². The number of aliphatic hydroxyl groups is 2. The minimum Gasteiger partial charge on any atom is -0.469 e. The van der Waals surface area contributed by atoms with Gasteiger partial charge in [-0.1, -0.05) is 19.9 Å². The highest BCUT2D eigenvalue weighted by Crippen LogP contribution is 2.80. The number of esters is 2. The molecule has 12 nitrogen and oxygen atoms in total. The number of hydrogen-bond donors (Lipinski definition) is 2. The van der Waals surface area contributed by atoms with Crippen LogP contribution in [-0.4, -0.2) is 103 Å². The zero-order chi connectivity index (χ0) is 32.2. The molecule has 3 saturated carbocycles. The number of carbonyl (C=O) groups excluding carboxylic acids is 2. The Hall–Kier alpha value is -2.06. The molecule has 8 aliphatic rings. The first-order valence-electron chi connectivity index (χ1n) is 16.0. The number of ether oxygens (including phenoxy) is 8. The maximum absolute atomic E-state index is 13.9. The molecule has 248 valence electrons. The van der Waals surface area contributed by atoms with E-state index in [1.165, 1.54) is 20.5 Å². The van der Waals surface area contributed by atoms with Gasteiger partial charge in [-0.25, -0.2) is 9.59 Å². The van der Waals surface area contributed by atoms with Crippen molar-refractivity contribution in [1.29, 1.82) is 0 Å². The molecule has 2 N–H and O–H groups in total. The van der Waals surface area contributed by atoms with Crippen LogP contribution in [0, 0.1) is 34.0 Å². The minimum absolute atomic E-state index is 0.137. The van der Waals surface area contributed by atoms with Gasteiger partial charge in [-0.3, -0.25) is 0 Å². The molecule has 4 saturated heterocycles. The van der Waals surface area contributed by atoms with E-state index >= 15 is 0 Å². The zero-order valence-corrected chi connectivity index (χ0v) is 26.9. The van der Waals surface area contributed by atoms with Gasteiger partial charge in [-0.15, -0.1) is 0 Å². The molecule has 8 rings (SSSR count). The molecule has 5 aliphatic heterocycles. The number of fused-ring (bicyclic) bond motifs is 11. The summed E-state index contributed by atoms with van der Waals surface area (Å²) >= 11 is 0. The molecule has 0 aromatic carbocycles. The third kappa shape index (κ3) is 2.98. The molecular weight excluding hydrogens is 588 g/mol. The summed E-state index contributed by atoms with van der Waals surface area (Å²) in [5, 5.41) is 25.3. The Bertz CT molecular complexity index is 1410. The van der Waals surface area contributed by atoms with Gasteiger partial charge in [0.15, 0.2) is 5.60 Å². The number of carbonyl (C=O) groups is 2. The fourth-order valence-electron chi connectivity index (χ4n) is 12.0. The van der Waals surface area contributed by atoms with E-state index in [9.17, 15) is 19.8 Å². The lowest BCUT2D eigenvalue weighted by Crippen LogP contribution is -2.76. The van der Waals surface area contributed by atoms with Crippen molar-refractivity contribution in [3.8, 4) is 0 Å². The largest absolute Gasteiger partial charge is 0.469 e. The standard InChI is InChI=1S/C33H44O12/c1-8-16(2)23(34)43-18-9-10-30-15-42-32(39-7,25(35)38-6)24(30)28(4)22(20-21(30)27(18,3)14-41-20)45-29(5)17-13-19(33(28,29)37)44-26-31(17,36)11-12-40-26/h8,11-12,17-22,24,26,36-37H,9-10,13-15H2,1-7H3/b16-8+/t17-,18-,19+,20-,21+,22-,24?,26+,27-,28-,29-,30-,31+,32?,33+/m1/s1. The van der Waals surface area contributed by atoms with Crippen LogP contribution < -0.4 is 0 Å². The van der Waals surface area contributed by atoms with E-state index in [0.717, 1.165) is 0 Å². The highest BCUT2D eigenvalue weighted by atomic mass is 16.7. The smallest absolute Gasteiger partial charge is 0.366 e. The van der Waals surface area contributed by atoms with Gasteiger partial charge in [-0.2, -0.15) is 0 Å². The van der Waals surface area contributed by atoms with Crippen LogP contribution in [-0.2, 0) is 47.5 Å². The van der Waals surface area contributed by atoms with Crippen molar-refractivity contribution in [3.05, 3.63) is 24.0 Å². The zero-order valence-electron chi connectivity index (χ0n) is 26.9. The molecule has 2 unspecified atom stereocenters. The highest BCUT2D eigenvalue weighted by molar-refractivity contribution is 5.87. The average Bonchev–Trinajstić information content (AvgIpc) is 3.77. The van der Waals surface area contributed by atoms with Crippen molar-refractivity contribution in [1.82, 2.24) is 0 Å². The lowest BCUT2D eigenvalue weighted by molar-refractivity contribution is -0.309. The van der Waals surface area contributed by atoms with Crippen LogP contribution in [0.2, 0.25) is 0 Å². The van der Waals surface area contributed by atoms with Crippen LogP contribution in [0.5, 0.6) is 0 Å². The number of rotatable bonds is 4. The van der Waals surface area contributed by atoms with Crippen LogP contribution in [0.3, 0.4) is 0 Å². The fraction of sp³-hybridized carbons (Fsp3) is 0.818. The molecule has 15 atom stereocenters. The van der Waals surface area contributed by atoms with Gasteiger partial charge >= 0.3 is 11.9 Å². The summed E-state index contributed by atoms with van der Waals surface area (Å²) in [5.41, 5.74) is -6.81. The van der Waals surface area contributed by atoms with Crippen molar-refractivity contribution >= 4 is 11.9 Å². The molecule has 45 heavy (non-hydrogen) atoms. The van der Waals surface area contributed by atoms with Crippen molar-refractivity contribution in [2.75, 3.05) is 27.4 Å². The monoisotopic (exact) mass is 632 g/mol. The lowest BCUT2D eigenvalue weighted by atomic mass is 9.38. The highest BCUT2D eigenvalue weighted by Gasteiger charge is 2.92. The van der Waals surface area contributed by atoms with Crippen LogP contribution in [0.15, 0.2) is 24.0 Å². The molecule has 3 aliphatic carbocycles. The fourth-order valence-corrected chi connectivity index (χ4v) is 12.0. The first-order valence-corrected chi connectivity index (χ1v) is 16.0. The molecule has 12 heteroatoms. The summed E-state index contributed by atoms with van der Waals surface area (Å²) in [6.45, 7) is 9.77. The van der Waals surface area contributed by atoms with E-state index in [4.69, 9.17) is 37.9 Å². The van der Waals surface area contributed by atoms with E-state index in [0.29, 0.717) is 24.8 Å². The number of allylic oxidation sites excluding steroid dienone is 1. The summed E-state index contributed by atoms with van der Waals surface area (Å²) in [6.07, 6.45) is 2.45. The van der Waals surface area contributed by atoms with Gasteiger partial charge in [0.25, 0.3) is 5.79 Å². The van der Waals surface area contributed by atoms with E-state index < -0.39 is 87.3 Å². The maximum atomic E-state index is 13.9. The molecule has 5 heterocycles. The first-order chi connectivity index (χ1) is 21.2. The molecule has 1 spiro atoms. The second kappa shape index (κ2) is 8.89. The van der Waals surface area contributed by atoms with Gasteiger partial charge in [0, 0.05) is 46.7 Å². The topological polar surface area (TPSA) is 148 Å². The summed E-state index contributed by atoms with van der Waals surface area (Å²) < 4.78 is 50.1. The Morgan fingerprint density at radius 3 is 2.56 bits per heavy atom. The van der Waals surface area contributed by atoms with E-state index in [-0.39, 0.29) is 25.1 Å². The quantitative estimate of drug-likeness (QED) is 0.344. The molecule has 0 aromatic heterocycles. The lowest BCUT2D eigenvalue weighted by Gasteiger charge is -2.64. The van der Waals surface area contributed by atoms with Crippen LogP contribution in [0.1, 0.15) is 53.9 Å². The first kappa shape index (κ1) is 30.3. The van der Waals surface area contributed by atoms with Gasteiger partial charge in [-0.05, 0) is 46.1 Å². The molecule has 0 amide bonds. The van der Waals surface area contributed by atoms with Crippen molar-refractivity contribution in [2.45, 2.75) is 107 Å². The Morgan fingerprint density at radius 2 is 1.87 bits per heavy atom. The predicted octanol–water partition coefficient (Wildman–Crippen LogP) is 1.76.